The maximum absolute atomic E-state index is 12.7. The van der Waals surface area contributed by atoms with Crippen molar-refractivity contribution in [3.05, 3.63) is 23.8 Å². The molecule has 1 amide bonds. The minimum atomic E-state index is -3.72. The number of carbonyl (C=O) groups is 1. The molecular weight excluding hydrogens is 340 g/mol. The maximum atomic E-state index is 12.7. The van der Waals surface area contributed by atoms with Gasteiger partial charge in [-0.2, -0.15) is 5.26 Å². The number of hydrogen-bond donors (Lipinski definition) is 2. The van der Waals surface area contributed by atoms with Gasteiger partial charge in [-0.15, -0.1) is 0 Å². The molecule has 1 aromatic rings. The summed E-state index contributed by atoms with van der Waals surface area (Å²) in [5.41, 5.74) is 1.06. The molecule has 0 bridgehead atoms. The molecule has 1 aliphatic rings. The summed E-state index contributed by atoms with van der Waals surface area (Å²) in [4.78, 5) is 13.6. The average molecular weight is 364 g/mol. The molecule has 1 atom stereocenters. The van der Waals surface area contributed by atoms with E-state index in [1.807, 2.05) is 20.0 Å². The van der Waals surface area contributed by atoms with E-state index in [1.165, 1.54) is 11.0 Å². The fourth-order valence-corrected chi connectivity index (χ4v) is 4.31. The molecule has 0 radical (unpaired) electrons. The van der Waals surface area contributed by atoms with E-state index in [0.29, 0.717) is 37.2 Å². The minimum Gasteiger partial charge on any atom is -0.326 e. The van der Waals surface area contributed by atoms with Gasteiger partial charge in [-0.3, -0.25) is 4.79 Å². The Morgan fingerprint density at radius 3 is 2.76 bits per heavy atom. The highest BCUT2D eigenvalue weighted by molar-refractivity contribution is 7.89. The Kier molecular flexibility index (Phi) is 6.03. The van der Waals surface area contributed by atoms with E-state index in [0.717, 1.165) is 0 Å². The van der Waals surface area contributed by atoms with Crippen LogP contribution in [0.1, 0.15) is 32.3 Å². The Labute approximate surface area is 149 Å². The van der Waals surface area contributed by atoms with Crippen molar-refractivity contribution in [3.8, 4) is 6.19 Å². The Morgan fingerprint density at radius 1 is 1.44 bits per heavy atom. The van der Waals surface area contributed by atoms with E-state index in [2.05, 4.69) is 10.0 Å². The molecular formula is C17H24N4O3S. The lowest BCUT2D eigenvalue weighted by Gasteiger charge is -2.15. The Morgan fingerprint density at radius 2 is 2.16 bits per heavy atom. The fourth-order valence-electron chi connectivity index (χ4n) is 2.78. The summed E-state index contributed by atoms with van der Waals surface area (Å²) >= 11 is 0. The van der Waals surface area contributed by atoms with Crippen LogP contribution in [0.5, 0.6) is 0 Å². The van der Waals surface area contributed by atoms with E-state index in [-0.39, 0.29) is 22.8 Å². The van der Waals surface area contributed by atoms with Crippen LogP contribution < -0.4 is 10.0 Å². The first-order chi connectivity index (χ1) is 11.7. The van der Waals surface area contributed by atoms with Gasteiger partial charge in [0.1, 0.15) is 0 Å². The number of sulfonamides is 1. The Bertz CT molecular complexity index is 784. The number of hydrogen-bond acceptors (Lipinski definition) is 5. The number of rotatable bonds is 6. The number of carbonyl (C=O) groups excluding carboxylic acids is 1. The molecule has 1 heterocycles. The van der Waals surface area contributed by atoms with Crippen molar-refractivity contribution in [2.45, 2.75) is 44.6 Å². The lowest BCUT2D eigenvalue weighted by molar-refractivity contribution is -0.116. The van der Waals surface area contributed by atoms with Crippen molar-refractivity contribution >= 4 is 21.6 Å². The second-order valence-electron chi connectivity index (χ2n) is 6.78. The molecule has 0 spiro atoms. The van der Waals surface area contributed by atoms with Crippen molar-refractivity contribution < 1.29 is 13.2 Å². The van der Waals surface area contributed by atoms with Crippen LogP contribution in [0.15, 0.2) is 23.1 Å². The smallest absolute Gasteiger partial charge is 0.241 e. The molecule has 136 valence electrons. The van der Waals surface area contributed by atoms with Gasteiger partial charge >= 0.3 is 0 Å². The van der Waals surface area contributed by atoms with Crippen molar-refractivity contribution in [1.82, 2.24) is 9.62 Å². The highest BCUT2D eigenvalue weighted by atomic mass is 32.2. The van der Waals surface area contributed by atoms with Gasteiger partial charge in [0.05, 0.1) is 4.90 Å². The third kappa shape index (κ3) is 5.18. The van der Waals surface area contributed by atoms with Gasteiger partial charge in [0.2, 0.25) is 15.9 Å². The first kappa shape index (κ1) is 19.2. The number of nitrogens with zero attached hydrogens (tertiary/aromatic N) is 2. The second kappa shape index (κ2) is 7.85. The Balaban J connectivity index is 2.15. The van der Waals surface area contributed by atoms with Gasteiger partial charge in [-0.25, -0.2) is 13.1 Å². The zero-order chi connectivity index (χ0) is 18.6. The molecule has 0 saturated carbocycles. The first-order valence-corrected chi connectivity index (χ1v) is 9.77. The SMILES string of the molecule is Cc1ccc(NC(=O)CC(C)C)cc1S(=O)(=O)N[C@@H]1CCN(C#N)C1. The maximum Gasteiger partial charge on any atom is 0.241 e. The van der Waals surface area contributed by atoms with Crippen LogP contribution in [0, 0.1) is 24.3 Å². The highest BCUT2D eigenvalue weighted by Gasteiger charge is 2.27. The van der Waals surface area contributed by atoms with Crippen LogP contribution in [0.3, 0.4) is 0 Å². The van der Waals surface area contributed by atoms with E-state index < -0.39 is 10.0 Å². The number of nitrogens with one attached hydrogen (secondary N) is 2. The zero-order valence-electron chi connectivity index (χ0n) is 14.7. The van der Waals surface area contributed by atoms with Crippen LogP contribution in [-0.4, -0.2) is 38.4 Å². The van der Waals surface area contributed by atoms with Crippen molar-refractivity contribution in [2.24, 2.45) is 5.92 Å². The van der Waals surface area contributed by atoms with Gasteiger partial charge in [-0.1, -0.05) is 19.9 Å². The molecule has 0 unspecified atom stereocenters. The zero-order valence-corrected chi connectivity index (χ0v) is 15.6. The van der Waals surface area contributed by atoms with Gasteiger partial charge < -0.3 is 10.2 Å². The number of anilines is 1. The van der Waals surface area contributed by atoms with Crippen LogP contribution in [0.2, 0.25) is 0 Å². The number of likely N-dealkylation sites (tertiary alicyclic amines) is 1. The molecule has 25 heavy (non-hydrogen) atoms. The van der Waals surface area contributed by atoms with E-state index in [4.69, 9.17) is 5.26 Å². The highest BCUT2D eigenvalue weighted by Crippen LogP contribution is 2.22. The minimum absolute atomic E-state index is 0.143. The van der Waals surface area contributed by atoms with Gasteiger partial charge in [0, 0.05) is 31.2 Å². The summed E-state index contributed by atoms with van der Waals surface area (Å²) in [6.07, 6.45) is 3.00. The molecule has 0 aliphatic carbocycles. The predicted octanol–water partition coefficient (Wildman–Crippen LogP) is 1.81. The van der Waals surface area contributed by atoms with Gasteiger partial charge in [0.15, 0.2) is 6.19 Å². The molecule has 1 fully saturated rings. The van der Waals surface area contributed by atoms with E-state index >= 15 is 0 Å². The largest absolute Gasteiger partial charge is 0.326 e. The third-order valence-corrected chi connectivity index (χ3v) is 5.67. The lowest BCUT2D eigenvalue weighted by Crippen LogP contribution is -2.36. The third-order valence-electron chi connectivity index (χ3n) is 4.01. The summed E-state index contributed by atoms with van der Waals surface area (Å²) in [6, 6.07) is 4.56. The molecule has 0 aromatic heterocycles. The fraction of sp³-hybridized carbons (Fsp3) is 0.529. The Hall–Kier alpha value is -2.11. The molecule has 2 N–H and O–H groups in total. The molecule has 1 aliphatic heterocycles. The van der Waals surface area contributed by atoms with Crippen molar-refractivity contribution in [1.29, 1.82) is 5.26 Å². The van der Waals surface area contributed by atoms with Crippen LogP contribution in [0.25, 0.3) is 0 Å². The van der Waals surface area contributed by atoms with E-state index in [1.54, 1.807) is 19.1 Å². The average Bonchev–Trinajstić information content (AvgIpc) is 2.95. The summed E-state index contributed by atoms with van der Waals surface area (Å²) in [5.74, 6) is 0.0800. The summed E-state index contributed by atoms with van der Waals surface area (Å²) in [6.45, 7) is 6.53. The van der Waals surface area contributed by atoms with Crippen molar-refractivity contribution in [3.63, 3.8) is 0 Å². The van der Waals surface area contributed by atoms with Crippen LogP contribution in [-0.2, 0) is 14.8 Å². The predicted molar refractivity (Wildman–Crippen MR) is 95.2 cm³/mol. The standard InChI is InChI=1S/C17H24N4O3S/c1-12(2)8-17(22)19-14-5-4-13(3)16(9-14)25(23,24)20-15-6-7-21(10-15)11-18/h4-5,9,12,15,20H,6-8,10H2,1-3H3,(H,19,22)/t15-/m1/s1. The van der Waals surface area contributed by atoms with Gasteiger partial charge in [-0.05, 0) is 37.0 Å². The number of amides is 1. The van der Waals surface area contributed by atoms with Crippen LogP contribution in [0.4, 0.5) is 5.69 Å². The molecule has 2 rings (SSSR count). The number of benzene rings is 1. The van der Waals surface area contributed by atoms with Crippen molar-refractivity contribution in [2.75, 3.05) is 18.4 Å². The summed E-state index contributed by atoms with van der Waals surface area (Å²) in [7, 11) is -3.72. The van der Waals surface area contributed by atoms with Crippen LogP contribution >= 0.6 is 0 Å². The number of nitriles is 1. The molecule has 7 nitrogen and oxygen atoms in total. The monoisotopic (exact) mass is 364 g/mol. The topological polar surface area (TPSA) is 102 Å². The number of aryl methyl sites for hydroxylation is 1. The van der Waals surface area contributed by atoms with Gasteiger partial charge in [0.25, 0.3) is 0 Å². The second-order valence-corrected chi connectivity index (χ2v) is 8.46. The molecule has 1 aromatic carbocycles. The molecule has 8 heteroatoms. The lowest BCUT2D eigenvalue weighted by atomic mass is 10.1. The molecule has 1 saturated heterocycles. The first-order valence-electron chi connectivity index (χ1n) is 8.29. The quantitative estimate of drug-likeness (QED) is 0.750. The summed E-state index contributed by atoms with van der Waals surface area (Å²) < 4.78 is 28.0. The normalized spacial score (nSPS) is 17.6. The summed E-state index contributed by atoms with van der Waals surface area (Å²) in [5, 5.41) is 11.6. The van der Waals surface area contributed by atoms with E-state index in [9.17, 15) is 13.2 Å².